The number of halogens is 10. The van der Waals surface area contributed by atoms with Crippen molar-refractivity contribution in [2.75, 3.05) is 24.6 Å². The highest BCUT2D eigenvalue weighted by atomic mass is 79.9. The number of hydrogen-bond acceptors (Lipinski definition) is 10. The highest BCUT2D eigenvalue weighted by Crippen LogP contribution is 2.65. The van der Waals surface area contributed by atoms with E-state index in [0.29, 0.717) is 38.4 Å². The van der Waals surface area contributed by atoms with Gasteiger partial charge in [-0.1, -0.05) is 74.5 Å². The number of alkyl halides is 6. The largest absolute Gasteiger partial charge is 0.504 e. The molecule has 2 aliphatic carbocycles. The van der Waals surface area contributed by atoms with Gasteiger partial charge in [-0.05, 0) is 66.8 Å². The summed E-state index contributed by atoms with van der Waals surface area (Å²) in [4.78, 5) is 66.8. The number of carbonyl (C=O) groups excluding carboxylic acids is 4. The number of pyridine rings is 2. The number of methoxy groups -OCH3 is 1. The third-order valence-electron chi connectivity index (χ3n) is 11.9. The summed E-state index contributed by atoms with van der Waals surface area (Å²) in [6.07, 6.45) is -8.06. The first-order chi connectivity index (χ1) is 29.1. The van der Waals surface area contributed by atoms with Crippen LogP contribution in [0, 0.1) is 23.7 Å². The number of nitrogens with one attached hydrogen (secondary N) is 1. The number of ether oxygens (including phenoxy) is 1. The van der Waals surface area contributed by atoms with Crippen molar-refractivity contribution in [3.05, 3.63) is 114 Å². The highest BCUT2D eigenvalue weighted by Gasteiger charge is 2.71. The van der Waals surface area contributed by atoms with Crippen molar-refractivity contribution >= 4 is 86.0 Å². The molecular formula is C40H28BrCl3F6N6O6. The predicted octanol–water partition coefficient (Wildman–Crippen LogP) is 8.99. The van der Waals surface area contributed by atoms with Crippen molar-refractivity contribution in [3.8, 4) is 11.5 Å². The number of imide groups is 2. The number of phenols is 1. The number of hydrazine groups is 2. The van der Waals surface area contributed by atoms with Gasteiger partial charge in [-0.25, -0.2) is 9.97 Å². The van der Waals surface area contributed by atoms with Crippen molar-refractivity contribution in [1.29, 1.82) is 0 Å². The number of nitrogens with zero attached hydrogens (tertiary/aromatic N) is 5. The van der Waals surface area contributed by atoms with Gasteiger partial charge in [-0.15, -0.1) is 0 Å². The molecule has 2 aromatic heterocycles. The van der Waals surface area contributed by atoms with E-state index in [9.17, 15) is 45.8 Å². The molecule has 2 aromatic carbocycles. The van der Waals surface area contributed by atoms with E-state index >= 15 is 4.79 Å². The number of amides is 4. The Kier molecular flexibility index (Phi) is 10.7. The van der Waals surface area contributed by atoms with Crippen LogP contribution in [-0.2, 0) is 36.9 Å². The van der Waals surface area contributed by atoms with Crippen LogP contribution in [0.25, 0.3) is 0 Å². The van der Waals surface area contributed by atoms with E-state index in [4.69, 9.17) is 39.5 Å². The monoisotopic (exact) mass is 986 g/mol. The van der Waals surface area contributed by atoms with Gasteiger partial charge in [0.25, 0.3) is 23.6 Å². The Morgan fingerprint density at radius 1 is 0.919 bits per heavy atom. The summed E-state index contributed by atoms with van der Waals surface area (Å²) in [7, 11) is 2.44. The molecule has 4 aromatic rings. The van der Waals surface area contributed by atoms with Gasteiger partial charge in [0.2, 0.25) is 0 Å². The zero-order valence-electron chi connectivity index (χ0n) is 31.7. The molecule has 6 atom stereocenters. The Morgan fingerprint density at radius 3 is 2.24 bits per heavy atom. The second kappa shape index (κ2) is 15.3. The molecule has 62 heavy (non-hydrogen) atoms. The highest BCUT2D eigenvalue weighted by molar-refractivity contribution is 9.10. The fourth-order valence-electron chi connectivity index (χ4n) is 9.29. The second-order valence-corrected chi connectivity index (χ2v) is 17.1. The molecule has 324 valence electrons. The minimum Gasteiger partial charge on any atom is -0.504 e. The number of anilines is 2. The molecule has 4 heterocycles. The van der Waals surface area contributed by atoms with Gasteiger partial charge in [0, 0.05) is 34.2 Å². The zero-order chi connectivity index (χ0) is 45.0. The van der Waals surface area contributed by atoms with E-state index < -0.39 is 105 Å². The first-order valence-electron chi connectivity index (χ1n) is 18.4. The quantitative estimate of drug-likeness (QED) is 0.105. The van der Waals surface area contributed by atoms with E-state index in [-0.39, 0.29) is 39.8 Å². The maximum atomic E-state index is 15.5. The van der Waals surface area contributed by atoms with E-state index in [1.165, 1.54) is 43.5 Å². The normalized spacial score (nSPS) is 24.8. The van der Waals surface area contributed by atoms with Gasteiger partial charge < -0.3 is 9.84 Å². The Balaban J connectivity index is 1.31. The molecule has 2 N–H and O–H groups in total. The van der Waals surface area contributed by atoms with Crippen LogP contribution < -0.4 is 15.2 Å². The van der Waals surface area contributed by atoms with Crippen molar-refractivity contribution in [2.24, 2.45) is 23.7 Å². The van der Waals surface area contributed by atoms with Crippen LogP contribution in [0.4, 0.5) is 38.0 Å². The van der Waals surface area contributed by atoms with Gasteiger partial charge in [0.1, 0.15) is 5.69 Å². The van der Waals surface area contributed by atoms with Crippen LogP contribution in [0.1, 0.15) is 41.1 Å². The molecule has 4 aliphatic rings. The zero-order valence-corrected chi connectivity index (χ0v) is 35.5. The average molecular weight is 989 g/mol. The van der Waals surface area contributed by atoms with Crippen molar-refractivity contribution in [3.63, 3.8) is 0 Å². The number of allylic oxidation sites excluding steroid dienone is 2. The molecule has 0 radical (unpaired) electrons. The van der Waals surface area contributed by atoms with Crippen molar-refractivity contribution < 1.29 is 55.4 Å². The molecule has 2 aliphatic heterocycles. The Morgan fingerprint density at radius 2 is 1.61 bits per heavy atom. The van der Waals surface area contributed by atoms with Crippen LogP contribution >= 0.6 is 50.7 Å². The number of aromatic hydroxyl groups is 1. The third-order valence-corrected chi connectivity index (χ3v) is 13.2. The molecule has 2 saturated heterocycles. The van der Waals surface area contributed by atoms with E-state index in [2.05, 4.69) is 31.3 Å². The number of benzene rings is 2. The minimum absolute atomic E-state index is 0.0463. The van der Waals surface area contributed by atoms with Gasteiger partial charge in [0.15, 0.2) is 23.1 Å². The summed E-state index contributed by atoms with van der Waals surface area (Å²) < 4.78 is 87.7. The lowest BCUT2D eigenvalue weighted by Gasteiger charge is -2.50. The number of phenolic OH excluding ortho intramolecular Hbond substituents is 1. The number of hydrogen-bond donors (Lipinski definition) is 2. The maximum Gasteiger partial charge on any atom is 0.433 e. The third kappa shape index (κ3) is 6.73. The standard InChI is InChI=1S/C40H28BrCl3F6N6O6/c1-54(33-25(43)9-10-28(52-33)40(48,49)50)56-34(58)21-8-7-20-22(29(21)36(56)60)14-24-35(59)55(53-32-26(44)11-17(15-51-32)39(45,46)47)37(61)38(24,16-3-5-19(42)6-4-16)30(20)23-12-18(41)13-27(62-2)31(23)57/h3-7,9-13,15,21-22,24,29-30,57H,8,14H2,1-2H3,(H,51,53)/t21-,22+,24-,29-,30+,38+/m0/s1. The molecule has 0 bridgehead atoms. The van der Waals surface area contributed by atoms with Crippen LogP contribution in [0.5, 0.6) is 11.5 Å². The predicted molar refractivity (Wildman–Crippen MR) is 214 cm³/mol. The molecular weight excluding hydrogens is 961 g/mol. The molecule has 8 rings (SSSR count). The molecule has 0 spiro atoms. The van der Waals surface area contributed by atoms with Crippen LogP contribution in [-0.4, -0.2) is 62.9 Å². The van der Waals surface area contributed by atoms with Crippen LogP contribution in [0.2, 0.25) is 15.1 Å². The Hall–Kier alpha value is -5.11. The summed E-state index contributed by atoms with van der Waals surface area (Å²) >= 11 is 22.3. The lowest BCUT2D eigenvalue weighted by molar-refractivity contribution is -0.142. The molecule has 4 amide bonds. The Labute approximate surface area is 370 Å². The van der Waals surface area contributed by atoms with Crippen molar-refractivity contribution in [1.82, 2.24) is 20.0 Å². The Bertz CT molecular complexity index is 2620. The summed E-state index contributed by atoms with van der Waals surface area (Å²) in [5.41, 5.74) is -1.42. The number of rotatable bonds is 7. The first kappa shape index (κ1) is 43.5. The number of aromatic nitrogens is 2. The van der Waals surface area contributed by atoms with E-state index in [1.54, 1.807) is 6.08 Å². The van der Waals surface area contributed by atoms with Gasteiger partial charge in [-0.2, -0.15) is 36.4 Å². The van der Waals surface area contributed by atoms with Gasteiger partial charge in [0.05, 0.1) is 45.9 Å². The van der Waals surface area contributed by atoms with Crippen molar-refractivity contribution in [2.45, 2.75) is 36.5 Å². The van der Waals surface area contributed by atoms with Crippen LogP contribution in [0.15, 0.2) is 76.9 Å². The summed E-state index contributed by atoms with van der Waals surface area (Å²) in [6, 6.07) is 11.0. The topological polar surface area (TPSA) is 145 Å². The number of carbonyl (C=O) groups is 4. The smallest absolute Gasteiger partial charge is 0.433 e. The SMILES string of the molecule is COc1cc(Br)cc([C@H]2C3=CC[C@@H]4C(=O)N(N(C)c5nc(C(F)(F)F)ccc5Cl)C(=O)[C@@H]4[C@@H]3C[C@H]3C(=O)N(Nc4ncc(C(F)(F)F)cc4Cl)C(=O)[C@@]23c2ccc(Cl)cc2)c1O. The molecule has 3 fully saturated rings. The van der Waals surface area contributed by atoms with Gasteiger partial charge >= 0.3 is 12.4 Å². The van der Waals surface area contributed by atoms with Crippen LogP contribution in [0.3, 0.4) is 0 Å². The van der Waals surface area contributed by atoms with E-state index in [0.717, 1.165) is 18.1 Å². The first-order valence-corrected chi connectivity index (χ1v) is 20.3. The fourth-order valence-corrected chi connectivity index (χ4v) is 10.3. The van der Waals surface area contributed by atoms with E-state index in [1.807, 2.05) is 0 Å². The minimum atomic E-state index is -4.90. The molecule has 0 unspecified atom stereocenters. The average Bonchev–Trinajstić information content (AvgIpc) is 3.59. The molecule has 22 heteroatoms. The second-order valence-electron chi connectivity index (χ2n) is 15.0. The molecule has 1 saturated carbocycles. The lowest BCUT2D eigenvalue weighted by atomic mass is 9.49. The number of fused-ring (bicyclic) bond motifs is 4. The molecule has 12 nitrogen and oxygen atoms in total. The summed E-state index contributed by atoms with van der Waals surface area (Å²) in [5, 5.41) is 13.4. The van der Waals surface area contributed by atoms with Gasteiger partial charge in [-0.3, -0.25) is 29.6 Å². The summed E-state index contributed by atoms with van der Waals surface area (Å²) in [6.45, 7) is 0. The maximum absolute atomic E-state index is 15.5. The lowest BCUT2D eigenvalue weighted by Crippen LogP contribution is -2.53. The fraction of sp³-hybridized carbons (Fsp3) is 0.300. The summed E-state index contributed by atoms with van der Waals surface area (Å²) in [5.74, 6) is -11.3.